The number of nitrogens with two attached hydrogens (primary N) is 1. The summed E-state index contributed by atoms with van der Waals surface area (Å²) in [6.45, 7) is 3.47. The van der Waals surface area contributed by atoms with Gasteiger partial charge in [0.1, 0.15) is 10.8 Å². The summed E-state index contributed by atoms with van der Waals surface area (Å²) < 4.78 is 5.29. The first-order valence-electron chi connectivity index (χ1n) is 7.42. The van der Waals surface area contributed by atoms with Gasteiger partial charge in [-0.05, 0) is 31.0 Å². The van der Waals surface area contributed by atoms with E-state index in [0.717, 1.165) is 10.4 Å². The molecule has 0 fully saturated rings. The van der Waals surface area contributed by atoms with Gasteiger partial charge in [-0.3, -0.25) is 19.7 Å². The van der Waals surface area contributed by atoms with Crippen molar-refractivity contribution in [2.75, 3.05) is 11.9 Å². The van der Waals surface area contributed by atoms with E-state index in [1.165, 1.54) is 35.6 Å². The first kappa shape index (κ1) is 18.4. The normalized spacial score (nSPS) is 10.3. The van der Waals surface area contributed by atoms with Crippen molar-refractivity contribution in [3.05, 3.63) is 50.4 Å². The second-order valence-corrected chi connectivity index (χ2v) is 6.37. The Labute approximate surface area is 147 Å². The van der Waals surface area contributed by atoms with Crippen molar-refractivity contribution in [2.45, 2.75) is 20.3 Å². The molecule has 0 saturated carbocycles. The zero-order chi connectivity index (χ0) is 18.6. The highest BCUT2D eigenvalue weighted by molar-refractivity contribution is 7.16. The lowest BCUT2D eigenvalue weighted by molar-refractivity contribution is -0.384. The van der Waals surface area contributed by atoms with Gasteiger partial charge in [-0.15, -0.1) is 11.3 Å². The van der Waals surface area contributed by atoms with Gasteiger partial charge in [0, 0.05) is 17.0 Å². The monoisotopic (exact) mass is 363 g/mol. The third kappa shape index (κ3) is 4.32. The van der Waals surface area contributed by atoms with Crippen molar-refractivity contribution < 1.29 is 19.2 Å². The topological polar surface area (TPSA) is 125 Å². The number of carbonyl (C=O) groups excluding carboxylic acids is 2. The van der Waals surface area contributed by atoms with Gasteiger partial charge in [-0.25, -0.2) is 0 Å². The Bertz CT molecular complexity index is 814. The molecule has 0 radical (unpaired) electrons. The Morgan fingerprint density at radius 2 is 1.96 bits per heavy atom. The Hall–Kier alpha value is -2.94. The van der Waals surface area contributed by atoms with Gasteiger partial charge in [0.25, 0.3) is 17.5 Å². The third-order valence-corrected chi connectivity index (χ3v) is 4.54. The fourth-order valence-electron chi connectivity index (χ4n) is 2.33. The van der Waals surface area contributed by atoms with Gasteiger partial charge >= 0.3 is 0 Å². The number of anilines is 1. The molecular formula is C16H17N3O5S. The summed E-state index contributed by atoms with van der Waals surface area (Å²) in [7, 11) is 0. The summed E-state index contributed by atoms with van der Waals surface area (Å²) in [5.41, 5.74) is 6.50. The summed E-state index contributed by atoms with van der Waals surface area (Å²) in [5.74, 6) is -0.718. The van der Waals surface area contributed by atoms with Crippen LogP contribution >= 0.6 is 11.3 Å². The lowest BCUT2D eigenvalue weighted by Crippen LogP contribution is -2.22. The van der Waals surface area contributed by atoms with Crippen molar-refractivity contribution in [3.63, 3.8) is 0 Å². The van der Waals surface area contributed by atoms with E-state index in [9.17, 15) is 19.7 Å². The van der Waals surface area contributed by atoms with Crippen LogP contribution in [0.1, 0.15) is 27.7 Å². The number of nitro groups is 1. The second-order valence-electron chi connectivity index (χ2n) is 5.15. The predicted molar refractivity (Wildman–Crippen MR) is 94.2 cm³/mol. The van der Waals surface area contributed by atoms with Crippen molar-refractivity contribution in [3.8, 4) is 5.75 Å². The Morgan fingerprint density at radius 3 is 2.48 bits per heavy atom. The maximum absolute atomic E-state index is 12.1. The van der Waals surface area contributed by atoms with Crippen LogP contribution < -0.4 is 15.8 Å². The standard InChI is InChI=1S/C16H17N3O5S/c1-3-12-9(2)25-16(14(12)15(17)21)18-13(20)8-24-11-6-4-10(5-7-11)19(22)23/h4-7H,3,8H2,1-2H3,(H2,17,21)(H,18,20). The van der Waals surface area contributed by atoms with Crippen LogP contribution in [-0.4, -0.2) is 23.3 Å². The highest BCUT2D eigenvalue weighted by Crippen LogP contribution is 2.33. The minimum Gasteiger partial charge on any atom is -0.484 e. The molecular weight excluding hydrogens is 346 g/mol. The number of nitro benzene ring substituents is 1. The molecule has 2 aromatic rings. The van der Waals surface area contributed by atoms with Crippen LogP contribution in [0.15, 0.2) is 24.3 Å². The van der Waals surface area contributed by atoms with E-state index < -0.39 is 16.7 Å². The van der Waals surface area contributed by atoms with Crippen molar-refractivity contribution in [1.82, 2.24) is 0 Å². The molecule has 9 heteroatoms. The smallest absolute Gasteiger partial charge is 0.269 e. The molecule has 132 valence electrons. The molecule has 0 unspecified atom stereocenters. The summed E-state index contributed by atoms with van der Waals surface area (Å²) in [4.78, 5) is 34.7. The van der Waals surface area contributed by atoms with Crippen LogP contribution in [0.3, 0.4) is 0 Å². The molecule has 2 amide bonds. The van der Waals surface area contributed by atoms with E-state index in [1.807, 2.05) is 13.8 Å². The predicted octanol–water partition coefficient (Wildman–Crippen LogP) is 2.64. The minimum atomic E-state index is -0.590. The average molecular weight is 363 g/mol. The van der Waals surface area contributed by atoms with Crippen LogP contribution in [0.25, 0.3) is 0 Å². The van der Waals surface area contributed by atoms with Crippen LogP contribution in [0.4, 0.5) is 10.7 Å². The Balaban J connectivity index is 2.03. The van der Waals surface area contributed by atoms with E-state index in [1.54, 1.807) is 0 Å². The molecule has 1 aromatic carbocycles. The largest absolute Gasteiger partial charge is 0.484 e. The van der Waals surface area contributed by atoms with E-state index in [2.05, 4.69) is 5.32 Å². The number of hydrogen-bond acceptors (Lipinski definition) is 6. The van der Waals surface area contributed by atoms with E-state index in [0.29, 0.717) is 22.7 Å². The van der Waals surface area contributed by atoms with Gasteiger partial charge in [-0.2, -0.15) is 0 Å². The van der Waals surface area contributed by atoms with Gasteiger partial charge < -0.3 is 15.8 Å². The second kappa shape index (κ2) is 7.75. The first-order chi connectivity index (χ1) is 11.8. The fraction of sp³-hybridized carbons (Fsp3) is 0.250. The molecule has 25 heavy (non-hydrogen) atoms. The number of nitrogens with zero attached hydrogens (tertiary/aromatic N) is 1. The number of hydrogen-bond donors (Lipinski definition) is 2. The summed E-state index contributed by atoms with van der Waals surface area (Å²) >= 11 is 1.29. The van der Waals surface area contributed by atoms with Crippen molar-refractivity contribution in [2.24, 2.45) is 5.73 Å². The van der Waals surface area contributed by atoms with Gasteiger partial charge in [-0.1, -0.05) is 6.92 Å². The molecule has 0 atom stereocenters. The van der Waals surface area contributed by atoms with Crippen LogP contribution in [0.2, 0.25) is 0 Å². The maximum atomic E-state index is 12.1. The lowest BCUT2D eigenvalue weighted by Gasteiger charge is -2.07. The molecule has 8 nitrogen and oxygen atoms in total. The van der Waals surface area contributed by atoms with Crippen LogP contribution in [0, 0.1) is 17.0 Å². The molecule has 1 aromatic heterocycles. The molecule has 2 rings (SSSR count). The number of benzene rings is 1. The highest BCUT2D eigenvalue weighted by Gasteiger charge is 2.20. The van der Waals surface area contributed by atoms with Gasteiger partial charge in [0.15, 0.2) is 6.61 Å². The third-order valence-electron chi connectivity index (χ3n) is 3.48. The number of ether oxygens (including phenoxy) is 1. The molecule has 0 aliphatic rings. The van der Waals surface area contributed by atoms with Crippen LogP contribution in [0.5, 0.6) is 5.75 Å². The van der Waals surface area contributed by atoms with Crippen LogP contribution in [-0.2, 0) is 11.2 Å². The van der Waals surface area contributed by atoms with Gasteiger partial charge in [0.05, 0.1) is 10.5 Å². The molecule has 3 N–H and O–H groups in total. The zero-order valence-corrected chi connectivity index (χ0v) is 14.5. The Kier molecular flexibility index (Phi) is 5.71. The fourth-order valence-corrected chi connectivity index (χ4v) is 3.50. The first-order valence-corrected chi connectivity index (χ1v) is 8.24. The quantitative estimate of drug-likeness (QED) is 0.578. The van der Waals surface area contributed by atoms with Crippen molar-refractivity contribution >= 4 is 33.8 Å². The molecule has 0 spiro atoms. The highest BCUT2D eigenvalue weighted by atomic mass is 32.1. The van der Waals surface area contributed by atoms with Crippen molar-refractivity contribution in [1.29, 1.82) is 0 Å². The molecule has 0 aliphatic carbocycles. The number of thiophene rings is 1. The number of rotatable bonds is 7. The number of amides is 2. The average Bonchev–Trinajstić information content (AvgIpc) is 2.88. The Morgan fingerprint density at radius 1 is 1.32 bits per heavy atom. The van der Waals surface area contributed by atoms with E-state index in [-0.39, 0.29) is 12.3 Å². The summed E-state index contributed by atoms with van der Waals surface area (Å²) in [6.07, 6.45) is 0.635. The summed E-state index contributed by atoms with van der Waals surface area (Å²) in [5, 5.41) is 13.6. The number of carbonyl (C=O) groups is 2. The lowest BCUT2D eigenvalue weighted by atomic mass is 10.1. The summed E-state index contributed by atoms with van der Waals surface area (Å²) in [6, 6.07) is 5.39. The minimum absolute atomic E-state index is 0.0657. The number of non-ortho nitro benzene ring substituents is 1. The number of aryl methyl sites for hydroxylation is 1. The van der Waals surface area contributed by atoms with Gasteiger partial charge in [0.2, 0.25) is 0 Å². The SMILES string of the molecule is CCc1c(C)sc(NC(=O)COc2ccc([N+](=O)[O-])cc2)c1C(N)=O. The van der Waals surface area contributed by atoms with E-state index in [4.69, 9.17) is 10.5 Å². The van der Waals surface area contributed by atoms with E-state index >= 15 is 0 Å². The number of primary amides is 1. The number of nitrogens with one attached hydrogen (secondary N) is 1. The maximum Gasteiger partial charge on any atom is 0.269 e. The molecule has 1 heterocycles. The zero-order valence-electron chi connectivity index (χ0n) is 13.7. The molecule has 0 aliphatic heterocycles. The molecule has 0 saturated heterocycles. The molecule has 0 bridgehead atoms.